The van der Waals surface area contributed by atoms with E-state index in [2.05, 4.69) is 34.9 Å². The zero-order valence-electron chi connectivity index (χ0n) is 19.7. The van der Waals surface area contributed by atoms with E-state index >= 15 is 0 Å². The molecule has 6 heteroatoms. The van der Waals surface area contributed by atoms with Crippen molar-refractivity contribution in [2.75, 3.05) is 26.3 Å². The van der Waals surface area contributed by atoms with Crippen LogP contribution in [0.25, 0.3) is 0 Å². The first-order valence-corrected chi connectivity index (χ1v) is 11.9. The molecule has 1 fully saturated rings. The summed E-state index contributed by atoms with van der Waals surface area (Å²) >= 11 is 0. The second-order valence-electron chi connectivity index (χ2n) is 9.25. The van der Waals surface area contributed by atoms with E-state index in [1.807, 2.05) is 20.8 Å². The summed E-state index contributed by atoms with van der Waals surface area (Å²) in [5.41, 5.74) is 2.18. The lowest BCUT2D eigenvalue weighted by Gasteiger charge is -2.22. The number of alkyl carbamates (subject to hydrolysis) is 1. The number of hydrogen-bond acceptors (Lipinski definition) is 5. The molecule has 2 N–H and O–H groups in total. The van der Waals surface area contributed by atoms with Crippen LogP contribution in [-0.2, 0) is 27.2 Å². The molecule has 0 aliphatic carbocycles. The zero-order chi connectivity index (χ0) is 22.4. The Hall–Kier alpha value is -1.63. The third kappa shape index (κ3) is 12.7. The number of carbonyl (C=O) groups is 1. The third-order valence-corrected chi connectivity index (χ3v) is 5.13. The van der Waals surface area contributed by atoms with Crippen molar-refractivity contribution < 1.29 is 19.0 Å². The van der Waals surface area contributed by atoms with Crippen LogP contribution < -0.4 is 10.6 Å². The van der Waals surface area contributed by atoms with Gasteiger partial charge < -0.3 is 24.8 Å². The Morgan fingerprint density at radius 3 is 2.42 bits per heavy atom. The molecule has 31 heavy (non-hydrogen) atoms. The summed E-state index contributed by atoms with van der Waals surface area (Å²) in [6, 6.07) is 8.78. The molecule has 0 bridgehead atoms. The number of rotatable bonds is 13. The van der Waals surface area contributed by atoms with Gasteiger partial charge in [-0.25, -0.2) is 4.79 Å². The summed E-state index contributed by atoms with van der Waals surface area (Å²) in [4.78, 5) is 11.6. The van der Waals surface area contributed by atoms with Crippen molar-refractivity contribution in [1.29, 1.82) is 0 Å². The van der Waals surface area contributed by atoms with E-state index in [-0.39, 0.29) is 12.4 Å². The molecule has 6 nitrogen and oxygen atoms in total. The number of amides is 1. The van der Waals surface area contributed by atoms with Gasteiger partial charge >= 0.3 is 6.09 Å². The molecule has 1 saturated heterocycles. The molecule has 1 aromatic rings. The van der Waals surface area contributed by atoms with Gasteiger partial charge in [-0.15, -0.1) is 0 Å². The van der Waals surface area contributed by atoms with Gasteiger partial charge in [0.2, 0.25) is 0 Å². The molecule has 1 aliphatic rings. The molecule has 0 radical (unpaired) electrons. The van der Waals surface area contributed by atoms with Gasteiger partial charge in [0.05, 0.1) is 6.61 Å². The van der Waals surface area contributed by atoms with E-state index in [0.29, 0.717) is 6.54 Å². The molecule has 0 saturated carbocycles. The van der Waals surface area contributed by atoms with Crippen molar-refractivity contribution in [1.82, 2.24) is 10.6 Å². The van der Waals surface area contributed by atoms with Gasteiger partial charge in [0.1, 0.15) is 5.60 Å². The lowest BCUT2D eigenvalue weighted by atomic mass is 10.1. The molecular weight excluding hydrogens is 392 g/mol. The monoisotopic (exact) mass is 434 g/mol. The average Bonchev–Trinajstić information content (AvgIpc) is 2.73. The predicted octanol–water partition coefficient (Wildman–Crippen LogP) is 4.95. The molecule has 0 spiro atoms. The number of benzene rings is 1. The van der Waals surface area contributed by atoms with Gasteiger partial charge in [-0.2, -0.15) is 0 Å². The molecule has 0 aromatic heterocycles. The van der Waals surface area contributed by atoms with Crippen LogP contribution in [0.4, 0.5) is 4.79 Å². The Morgan fingerprint density at radius 2 is 1.74 bits per heavy atom. The fourth-order valence-electron chi connectivity index (χ4n) is 3.44. The maximum Gasteiger partial charge on any atom is 0.407 e. The van der Waals surface area contributed by atoms with Crippen LogP contribution in [0.1, 0.15) is 76.8 Å². The first-order valence-electron chi connectivity index (χ1n) is 11.9. The van der Waals surface area contributed by atoms with Gasteiger partial charge in [-0.1, -0.05) is 37.1 Å². The molecule has 1 atom stereocenters. The SMILES string of the molecule is CC(C)(C)OC(=O)NCCCCCCNCc1ccc(CCOC2CCCCO2)cc1. The van der Waals surface area contributed by atoms with E-state index in [4.69, 9.17) is 14.2 Å². The minimum absolute atomic E-state index is 0.00142. The van der Waals surface area contributed by atoms with Crippen LogP contribution in [0.3, 0.4) is 0 Å². The Balaban J connectivity index is 1.43. The molecule has 1 aromatic carbocycles. The molecule has 176 valence electrons. The van der Waals surface area contributed by atoms with Crippen molar-refractivity contribution in [3.05, 3.63) is 35.4 Å². The van der Waals surface area contributed by atoms with Crippen molar-refractivity contribution in [2.24, 2.45) is 0 Å². The highest BCUT2D eigenvalue weighted by Gasteiger charge is 2.15. The lowest BCUT2D eigenvalue weighted by Crippen LogP contribution is -2.32. The maximum absolute atomic E-state index is 11.6. The van der Waals surface area contributed by atoms with Crippen LogP contribution in [0.2, 0.25) is 0 Å². The first kappa shape index (κ1) is 25.6. The van der Waals surface area contributed by atoms with Gasteiger partial charge in [-0.3, -0.25) is 0 Å². The number of hydrogen-bond donors (Lipinski definition) is 2. The highest BCUT2D eigenvalue weighted by molar-refractivity contribution is 5.67. The molecule has 1 heterocycles. The summed E-state index contributed by atoms with van der Waals surface area (Å²) in [5, 5.41) is 6.32. The van der Waals surface area contributed by atoms with Crippen LogP contribution >= 0.6 is 0 Å². The number of nitrogens with one attached hydrogen (secondary N) is 2. The number of carbonyl (C=O) groups excluding carboxylic acids is 1. The van der Waals surface area contributed by atoms with E-state index in [1.54, 1.807) is 0 Å². The highest BCUT2D eigenvalue weighted by Crippen LogP contribution is 2.14. The number of unbranched alkanes of at least 4 members (excludes halogenated alkanes) is 3. The Kier molecular flexibility index (Phi) is 11.9. The van der Waals surface area contributed by atoms with Crippen LogP contribution in [-0.4, -0.2) is 44.3 Å². The number of ether oxygens (including phenoxy) is 3. The Labute approximate surface area is 188 Å². The van der Waals surface area contributed by atoms with E-state index in [1.165, 1.54) is 17.5 Å². The normalized spacial score (nSPS) is 16.8. The summed E-state index contributed by atoms with van der Waals surface area (Å²) < 4.78 is 16.6. The molecule has 1 amide bonds. The average molecular weight is 435 g/mol. The van der Waals surface area contributed by atoms with Crippen LogP contribution in [0, 0.1) is 0 Å². The second kappa shape index (κ2) is 14.4. The topological polar surface area (TPSA) is 68.8 Å². The summed E-state index contributed by atoms with van der Waals surface area (Å²) in [6.07, 6.45) is 8.38. The zero-order valence-corrected chi connectivity index (χ0v) is 19.7. The van der Waals surface area contributed by atoms with E-state index in [9.17, 15) is 4.79 Å². The Morgan fingerprint density at radius 1 is 1.03 bits per heavy atom. The molecule has 1 aliphatic heterocycles. The quantitative estimate of drug-likeness (QED) is 0.430. The van der Waals surface area contributed by atoms with Gasteiger partial charge in [0.25, 0.3) is 0 Å². The minimum atomic E-state index is -0.436. The predicted molar refractivity (Wildman–Crippen MR) is 124 cm³/mol. The minimum Gasteiger partial charge on any atom is -0.444 e. The fourth-order valence-corrected chi connectivity index (χ4v) is 3.44. The largest absolute Gasteiger partial charge is 0.444 e. The third-order valence-electron chi connectivity index (χ3n) is 5.13. The highest BCUT2D eigenvalue weighted by atomic mass is 16.7. The summed E-state index contributed by atoms with van der Waals surface area (Å²) in [5.74, 6) is 0. The smallest absolute Gasteiger partial charge is 0.407 e. The van der Waals surface area contributed by atoms with Gasteiger partial charge in [0.15, 0.2) is 6.29 Å². The fraction of sp³-hybridized carbons (Fsp3) is 0.720. The maximum atomic E-state index is 11.6. The molecule has 2 rings (SSSR count). The standard InChI is InChI=1S/C25H42N2O4/c1-25(2,3)31-24(28)27-17-8-5-4-7-16-26-20-22-13-11-21(12-14-22)15-19-30-23-10-6-9-18-29-23/h11-14,23,26H,4-10,15-20H2,1-3H3,(H,27,28). The van der Waals surface area contributed by atoms with Gasteiger partial charge in [-0.05, 0) is 77.0 Å². The van der Waals surface area contributed by atoms with Crippen LogP contribution in [0.15, 0.2) is 24.3 Å². The molecular formula is C25H42N2O4. The van der Waals surface area contributed by atoms with E-state index < -0.39 is 5.60 Å². The van der Waals surface area contributed by atoms with Gasteiger partial charge in [0, 0.05) is 19.7 Å². The first-order chi connectivity index (χ1) is 14.9. The molecule has 1 unspecified atom stereocenters. The van der Waals surface area contributed by atoms with Crippen molar-refractivity contribution >= 4 is 6.09 Å². The van der Waals surface area contributed by atoms with E-state index in [0.717, 1.165) is 71.2 Å². The van der Waals surface area contributed by atoms with Crippen molar-refractivity contribution in [3.8, 4) is 0 Å². The second-order valence-corrected chi connectivity index (χ2v) is 9.25. The summed E-state index contributed by atoms with van der Waals surface area (Å²) in [7, 11) is 0. The Bertz CT molecular complexity index is 607. The van der Waals surface area contributed by atoms with Crippen LogP contribution in [0.5, 0.6) is 0 Å². The van der Waals surface area contributed by atoms with Crippen molar-refractivity contribution in [3.63, 3.8) is 0 Å². The summed E-state index contributed by atoms with van der Waals surface area (Å²) in [6.45, 7) is 9.75. The van der Waals surface area contributed by atoms with Crippen molar-refractivity contribution in [2.45, 2.75) is 90.6 Å². The lowest BCUT2D eigenvalue weighted by molar-refractivity contribution is -0.161.